The quantitative estimate of drug-likeness (QED) is 0.399. The molecule has 3 aliphatic heterocycles. The highest BCUT2D eigenvalue weighted by molar-refractivity contribution is 5.78. The fourth-order valence-corrected chi connectivity index (χ4v) is 5.63. The molecule has 3 aromatic rings. The number of nitriles is 2. The van der Waals surface area contributed by atoms with E-state index in [9.17, 15) is 18.8 Å². The minimum atomic E-state index is -3.36. The van der Waals surface area contributed by atoms with Gasteiger partial charge >= 0.3 is 5.92 Å². The van der Waals surface area contributed by atoms with E-state index < -0.39 is 30.9 Å². The number of benzene rings is 2. The molecule has 1 unspecified atom stereocenters. The van der Waals surface area contributed by atoms with Crippen molar-refractivity contribution in [3.05, 3.63) is 54.4 Å². The summed E-state index contributed by atoms with van der Waals surface area (Å²) in [5.41, 5.74) is 2.46. The average molecular weight is 616 g/mol. The molecule has 232 valence electrons. The lowest BCUT2D eigenvalue weighted by Crippen LogP contribution is -2.56. The zero-order valence-electron chi connectivity index (χ0n) is 24.4. The molecule has 1 aromatic heterocycles. The Balaban J connectivity index is 1.09. The predicted molar refractivity (Wildman–Crippen MR) is 159 cm³/mol. The van der Waals surface area contributed by atoms with Gasteiger partial charge in [0.05, 0.1) is 37.4 Å². The van der Waals surface area contributed by atoms with Crippen LogP contribution in [0.2, 0.25) is 0 Å². The number of piperidine rings is 1. The highest BCUT2D eigenvalue weighted by Gasteiger charge is 2.47. The summed E-state index contributed by atoms with van der Waals surface area (Å²) in [5, 5.41) is 21.6. The zero-order valence-corrected chi connectivity index (χ0v) is 24.4. The summed E-state index contributed by atoms with van der Waals surface area (Å²) in [6, 6.07) is 16.8. The van der Waals surface area contributed by atoms with Gasteiger partial charge in [-0.1, -0.05) is 0 Å². The number of halogens is 2. The van der Waals surface area contributed by atoms with Crippen LogP contribution in [-0.4, -0.2) is 101 Å². The molecule has 1 amide bonds. The number of nitrogens with zero attached hydrogens (tertiary/aromatic N) is 8. The lowest BCUT2D eigenvalue weighted by Gasteiger charge is -2.43. The second-order valence-corrected chi connectivity index (χ2v) is 11.1. The van der Waals surface area contributed by atoms with Crippen molar-refractivity contribution in [3.8, 4) is 29.3 Å². The van der Waals surface area contributed by atoms with Crippen LogP contribution in [-0.2, 0) is 9.53 Å². The monoisotopic (exact) mass is 615 g/mol. The number of anilines is 3. The van der Waals surface area contributed by atoms with Crippen LogP contribution in [0.15, 0.2) is 48.8 Å². The summed E-state index contributed by atoms with van der Waals surface area (Å²) in [5.74, 6) is -3.42. The van der Waals surface area contributed by atoms with Crippen molar-refractivity contribution < 1.29 is 23.0 Å². The Morgan fingerprint density at radius 3 is 2.51 bits per heavy atom. The van der Waals surface area contributed by atoms with Crippen LogP contribution in [0.25, 0.3) is 11.4 Å². The fraction of sp³-hybridized carbons (Fsp3) is 0.419. The maximum atomic E-state index is 14.9. The van der Waals surface area contributed by atoms with Crippen LogP contribution in [0.5, 0.6) is 5.75 Å². The minimum absolute atomic E-state index is 0.00584. The molecule has 1 N–H and O–H groups in total. The van der Waals surface area contributed by atoms with E-state index in [1.54, 1.807) is 12.1 Å². The van der Waals surface area contributed by atoms with Gasteiger partial charge in [0.15, 0.2) is 11.9 Å². The number of aromatic nitrogens is 3. The molecule has 3 aliphatic rings. The number of hydrogen-bond acceptors (Lipinski definition) is 11. The molecule has 3 fully saturated rings. The molecule has 0 spiro atoms. The van der Waals surface area contributed by atoms with Crippen LogP contribution in [0.4, 0.5) is 26.1 Å². The van der Waals surface area contributed by atoms with Crippen molar-refractivity contribution in [3.63, 3.8) is 0 Å². The first-order valence-electron chi connectivity index (χ1n) is 14.7. The van der Waals surface area contributed by atoms with Gasteiger partial charge in [-0.05, 0) is 42.5 Å². The van der Waals surface area contributed by atoms with E-state index in [1.807, 2.05) is 18.2 Å². The third-order valence-corrected chi connectivity index (χ3v) is 8.26. The van der Waals surface area contributed by atoms with Crippen molar-refractivity contribution in [1.82, 2.24) is 24.8 Å². The molecule has 3 saturated heterocycles. The van der Waals surface area contributed by atoms with Crippen LogP contribution in [0.1, 0.15) is 18.4 Å². The van der Waals surface area contributed by atoms with E-state index in [0.29, 0.717) is 17.6 Å². The van der Waals surface area contributed by atoms with Crippen molar-refractivity contribution in [2.75, 3.05) is 62.7 Å². The number of alkyl halides is 2. The second kappa shape index (κ2) is 13.0. The fourth-order valence-electron chi connectivity index (χ4n) is 5.63. The van der Waals surface area contributed by atoms with E-state index in [0.717, 1.165) is 55.7 Å². The Bertz CT molecular complexity index is 1610. The van der Waals surface area contributed by atoms with E-state index in [-0.39, 0.29) is 30.1 Å². The number of carbonyl (C=O) groups is 1. The number of ether oxygens (including phenoxy) is 2. The molecule has 45 heavy (non-hydrogen) atoms. The van der Waals surface area contributed by atoms with Gasteiger partial charge in [0.1, 0.15) is 24.6 Å². The third kappa shape index (κ3) is 6.77. The summed E-state index contributed by atoms with van der Waals surface area (Å²) in [6.07, 6.45) is -0.790. The number of hydrogen-bond donors (Lipinski definition) is 1. The predicted octanol–water partition coefficient (Wildman–Crippen LogP) is 3.20. The number of amides is 1. The van der Waals surface area contributed by atoms with Gasteiger partial charge in [-0.3, -0.25) is 9.69 Å². The number of carbonyl (C=O) groups excluding carboxylic acids is 1. The van der Waals surface area contributed by atoms with Crippen LogP contribution < -0.4 is 15.0 Å². The summed E-state index contributed by atoms with van der Waals surface area (Å²) in [6.45, 7) is 4.78. The highest BCUT2D eigenvalue weighted by Crippen LogP contribution is 2.34. The average Bonchev–Trinajstić information content (AvgIpc) is 3.02. The standard InChI is InChI=1S/C31H31F2N9O3/c32-31(33)19-42(28(43)7-9-34)10-8-27(31)45-26-6-1-21(15-22(26)16-35)29-36-20-37-30(39-29)38-23-2-4-24(5-3-23)40-11-13-41(14-12-40)25-17-44-18-25/h1-6,15,20,25,27H,7-8,10-14,17-19H2,(H,36,37,38,39). The lowest BCUT2D eigenvalue weighted by molar-refractivity contribution is -0.159. The maximum Gasteiger partial charge on any atom is 0.301 e. The zero-order chi connectivity index (χ0) is 31.4. The van der Waals surface area contributed by atoms with Gasteiger partial charge in [0.2, 0.25) is 11.9 Å². The first kappa shape index (κ1) is 30.1. The Kier molecular flexibility index (Phi) is 8.69. The Morgan fingerprint density at radius 1 is 1.07 bits per heavy atom. The topological polar surface area (TPSA) is 144 Å². The van der Waals surface area contributed by atoms with Crippen LogP contribution >= 0.6 is 0 Å². The molecule has 12 nitrogen and oxygen atoms in total. The molecule has 4 heterocycles. The molecule has 1 atom stereocenters. The van der Waals surface area contributed by atoms with Crippen LogP contribution in [0, 0.1) is 22.7 Å². The SMILES string of the molecule is N#CCC(=O)N1CCC(Oc2ccc(-c3ncnc(Nc4ccc(N5CCN(C6COC6)CC5)cc4)n3)cc2C#N)C(F)(F)C1. The van der Waals surface area contributed by atoms with Gasteiger partial charge < -0.3 is 24.6 Å². The Labute approximate surface area is 258 Å². The van der Waals surface area contributed by atoms with Gasteiger partial charge in [0, 0.05) is 56.1 Å². The van der Waals surface area contributed by atoms with Crippen molar-refractivity contribution in [1.29, 1.82) is 10.5 Å². The Morgan fingerprint density at radius 2 is 1.84 bits per heavy atom. The summed E-state index contributed by atoms with van der Waals surface area (Å²) >= 11 is 0. The first-order chi connectivity index (χ1) is 21.8. The van der Waals surface area contributed by atoms with Gasteiger partial charge in [-0.25, -0.2) is 18.7 Å². The molecular weight excluding hydrogens is 584 g/mol. The molecule has 14 heteroatoms. The number of rotatable bonds is 8. The van der Waals surface area contributed by atoms with E-state index in [4.69, 9.17) is 14.7 Å². The second-order valence-electron chi connectivity index (χ2n) is 11.1. The summed E-state index contributed by atoms with van der Waals surface area (Å²) < 4.78 is 40.6. The number of likely N-dealkylation sites (tertiary alicyclic amines) is 1. The van der Waals surface area contributed by atoms with E-state index in [1.165, 1.54) is 18.5 Å². The molecular formula is C31H31F2N9O3. The third-order valence-electron chi connectivity index (χ3n) is 8.26. The summed E-state index contributed by atoms with van der Waals surface area (Å²) in [4.78, 5) is 30.7. The molecule has 0 saturated carbocycles. The van der Waals surface area contributed by atoms with Crippen molar-refractivity contribution >= 4 is 23.2 Å². The number of nitrogens with one attached hydrogen (secondary N) is 1. The molecule has 0 aliphatic carbocycles. The van der Waals surface area contributed by atoms with E-state index >= 15 is 0 Å². The van der Waals surface area contributed by atoms with Crippen molar-refractivity contribution in [2.24, 2.45) is 0 Å². The molecule has 2 aromatic carbocycles. The van der Waals surface area contributed by atoms with Gasteiger partial charge in [0.25, 0.3) is 0 Å². The smallest absolute Gasteiger partial charge is 0.301 e. The van der Waals surface area contributed by atoms with Gasteiger partial charge in [-0.2, -0.15) is 15.5 Å². The molecule has 0 radical (unpaired) electrons. The summed E-state index contributed by atoms with van der Waals surface area (Å²) in [7, 11) is 0. The maximum absolute atomic E-state index is 14.9. The van der Waals surface area contributed by atoms with Crippen LogP contribution in [0.3, 0.4) is 0 Å². The number of piperazine rings is 1. The Hall–Kier alpha value is -4.92. The van der Waals surface area contributed by atoms with Gasteiger partial charge in [-0.15, -0.1) is 0 Å². The largest absolute Gasteiger partial charge is 0.483 e. The van der Waals surface area contributed by atoms with Crippen molar-refractivity contribution in [2.45, 2.75) is 30.9 Å². The lowest BCUT2D eigenvalue weighted by atomic mass is 10.0. The highest BCUT2D eigenvalue weighted by atomic mass is 19.3. The molecule has 6 rings (SSSR count). The molecule has 0 bridgehead atoms. The normalized spacial score (nSPS) is 20.0. The van der Waals surface area contributed by atoms with E-state index in [2.05, 4.69) is 42.2 Å². The minimum Gasteiger partial charge on any atom is -0.483 e. The first-order valence-corrected chi connectivity index (χ1v) is 14.7.